The van der Waals surface area contributed by atoms with Crippen LogP contribution in [-0.4, -0.2) is 38.3 Å². The normalized spacial score (nSPS) is 16.7. The monoisotopic (exact) mass is 300 g/mol. The van der Waals surface area contributed by atoms with Crippen LogP contribution in [0.5, 0.6) is 0 Å². The molecule has 0 unspecified atom stereocenters. The molecule has 1 aromatic rings. The standard InChI is InChI=1S/C12H20N4OS2/c1-15-11(17)9-8(14)10(18-2)12(19-9)16-5-3-7(13)4-6-16/h7H,3-6,13-14H2,1-2H3,(H,15,17). The van der Waals surface area contributed by atoms with Crippen LogP contribution in [0.25, 0.3) is 0 Å². The molecule has 19 heavy (non-hydrogen) atoms. The first-order chi connectivity index (χ1) is 9.08. The molecule has 1 fully saturated rings. The Labute approximate surface area is 121 Å². The number of nitrogens with two attached hydrogens (primary N) is 2. The maximum Gasteiger partial charge on any atom is 0.263 e. The van der Waals surface area contributed by atoms with Crippen molar-refractivity contribution in [2.24, 2.45) is 5.73 Å². The number of nitrogen functional groups attached to an aromatic ring is 1. The summed E-state index contributed by atoms with van der Waals surface area (Å²) in [6.07, 6.45) is 3.97. The summed E-state index contributed by atoms with van der Waals surface area (Å²) in [4.78, 5) is 15.7. The maximum absolute atomic E-state index is 11.8. The first kappa shape index (κ1) is 14.5. The summed E-state index contributed by atoms with van der Waals surface area (Å²) in [7, 11) is 1.62. The summed E-state index contributed by atoms with van der Waals surface area (Å²) >= 11 is 3.08. The van der Waals surface area contributed by atoms with Gasteiger partial charge in [-0.2, -0.15) is 0 Å². The van der Waals surface area contributed by atoms with Crippen LogP contribution in [0.15, 0.2) is 4.90 Å². The molecular formula is C12H20N4OS2. The number of nitrogens with one attached hydrogen (secondary N) is 1. The van der Waals surface area contributed by atoms with Gasteiger partial charge >= 0.3 is 0 Å². The van der Waals surface area contributed by atoms with Crippen molar-refractivity contribution >= 4 is 39.7 Å². The molecular weight excluding hydrogens is 280 g/mol. The predicted molar refractivity (Wildman–Crippen MR) is 83.3 cm³/mol. The molecule has 1 amide bonds. The van der Waals surface area contributed by atoms with Crippen molar-refractivity contribution in [2.75, 3.05) is 37.0 Å². The topological polar surface area (TPSA) is 84.4 Å². The highest BCUT2D eigenvalue weighted by Crippen LogP contribution is 2.44. The zero-order valence-corrected chi connectivity index (χ0v) is 12.9. The van der Waals surface area contributed by atoms with E-state index >= 15 is 0 Å². The third kappa shape index (κ3) is 2.82. The summed E-state index contributed by atoms with van der Waals surface area (Å²) in [6.45, 7) is 1.86. The molecule has 2 rings (SSSR count). The second-order valence-electron chi connectivity index (χ2n) is 4.59. The van der Waals surface area contributed by atoms with Crippen LogP contribution < -0.4 is 21.7 Å². The molecule has 2 heterocycles. The van der Waals surface area contributed by atoms with Crippen molar-refractivity contribution in [3.63, 3.8) is 0 Å². The maximum atomic E-state index is 11.8. The van der Waals surface area contributed by atoms with Crippen LogP contribution in [0.4, 0.5) is 10.7 Å². The van der Waals surface area contributed by atoms with Crippen LogP contribution in [-0.2, 0) is 0 Å². The van der Waals surface area contributed by atoms with Gasteiger partial charge in [0.15, 0.2) is 0 Å². The Hall–Kier alpha value is -0.920. The van der Waals surface area contributed by atoms with E-state index in [-0.39, 0.29) is 5.91 Å². The molecule has 0 spiro atoms. The molecule has 1 aliphatic rings. The van der Waals surface area contributed by atoms with Crippen molar-refractivity contribution in [3.05, 3.63) is 4.88 Å². The highest BCUT2D eigenvalue weighted by Gasteiger charge is 2.25. The van der Waals surface area contributed by atoms with E-state index in [2.05, 4.69) is 10.2 Å². The number of hydrogen-bond donors (Lipinski definition) is 3. The van der Waals surface area contributed by atoms with Crippen LogP contribution in [0.3, 0.4) is 0 Å². The Morgan fingerprint density at radius 1 is 1.47 bits per heavy atom. The minimum absolute atomic E-state index is 0.113. The van der Waals surface area contributed by atoms with Crippen LogP contribution in [0.1, 0.15) is 22.5 Å². The number of carbonyl (C=O) groups excluding carboxylic acids is 1. The molecule has 1 saturated heterocycles. The number of thioether (sulfide) groups is 1. The SMILES string of the molecule is CNC(=O)c1sc(N2CCC(N)CC2)c(SC)c1N. The summed E-state index contributed by atoms with van der Waals surface area (Å²) in [5, 5.41) is 3.75. The summed E-state index contributed by atoms with van der Waals surface area (Å²) < 4.78 is 0. The fraction of sp³-hybridized carbons (Fsp3) is 0.583. The Bertz CT molecular complexity index is 467. The van der Waals surface area contributed by atoms with Crippen LogP contribution in [0, 0.1) is 0 Å². The number of carbonyl (C=O) groups is 1. The molecule has 0 aromatic carbocycles. The van der Waals surface area contributed by atoms with Crippen molar-refractivity contribution in [1.29, 1.82) is 0 Å². The van der Waals surface area contributed by atoms with Gasteiger partial charge in [-0.05, 0) is 19.1 Å². The molecule has 1 aliphatic heterocycles. The number of hydrogen-bond acceptors (Lipinski definition) is 6. The van der Waals surface area contributed by atoms with Crippen LogP contribution >= 0.6 is 23.1 Å². The third-order valence-corrected chi connectivity index (χ3v) is 5.56. The van der Waals surface area contributed by atoms with Crippen molar-refractivity contribution < 1.29 is 4.79 Å². The Morgan fingerprint density at radius 2 is 2.11 bits per heavy atom. The van der Waals surface area contributed by atoms with Gasteiger partial charge in [-0.1, -0.05) is 0 Å². The van der Waals surface area contributed by atoms with Gasteiger partial charge in [0.1, 0.15) is 9.88 Å². The fourth-order valence-electron chi connectivity index (χ4n) is 2.21. The van der Waals surface area contributed by atoms with Gasteiger partial charge in [-0.25, -0.2) is 0 Å². The van der Waals surface area contributed by atoms with Gasteiger partial charge in [0.2, 0.25) is 0 Å². The molecule has 5 N–H and O–H groups in total. The lowest BCUT2D eigenvalue weighted by Crippen LogP contribution is -2.39. The largest absolute Gasteiger partial charge is 0.396 e. The Kier molecular flexibility index (Phi) is 4.59. The smallest absolute Gasteiger partial charge is 0.263 e. The molecule has 0 saturated carbocycles. The zero-order valence-electron chi connectivity index (χ0n) is 11.2. The molecule has 0 aliphatic carbocycles. The number of nitrogens with zero attached hydrogens (tertiary/aromatic N) is 1. The quantitative estimate of drug-likeness (QED) is 0.734. The van der Waals surface area contributed by atoms with Crippen LogP contribution in [0.2, 0.25) is 0 Å². The highest BCUT2D eigenvalue weighted by atomic mass is 32.2. The third-order valence-electron chi connectivity index (χ3n) is 3.35. The first-order valence-corrected chi connectivity index (χ1v) is 8.31. The molecule has 7 heteroatoms. The van der Waals surface area contributed by atoms with E-state index in [9.17, 15) is 4.79 Å². The summed E-state index contributed by atoms with van der Waals surface area (Å²) in [5.74, 6) is -0.113. The van der Waals surface area contributed by atoms with Crippen molar-refractivity contribution in [3.8, 4) is 0 Å². The van der Waals surface area contributed by atoms with Gasteiger partial charge in [0.25, 0.3) is 5.91 Å². The van der Waals surface area contributed by atoms with Gasteiger partial charge in [-0.3, -0.25) is 4.79 Å². The van der Waals surface area contributed by atoms with E-state index in [0.717, 1.165) is 35.8 Å². The molecule has 1 aromatic heterocycles. The average molecular weight is 300 g/mol. The van der Waals surface area contributed by atoms with Gasteiger partial charge in [0.05, 0.1) is 10.6 Å². The predicted octanol–water partition coefficient (Wildman–Crippen LogP) is 1.34. The second-order valence-corrected chi connectivity index (χ2v) is 6.40. The summed E-state index contributed by atoms with van der Waals surface area (Å²) in [6, 6.07) is 0.296. The van der Waals surface area contributed by atoms with E-state index in [4.69, 9.17) is 11.5 Å². The molecule has 5 nitrogen and oxygen atoms in total. The highest BCUT2D eigenvalue weighted by molar-refractivity contribution is 7.99. The molecule has 0 bridgehead atoms. The van der Waals surface area contributed by atoms with E-state index in [1.165, 1.54) is 11.3 Å². The van der Waals surface area contributed by atoms with Gasteiger partial charge < -0.3 is 21.7 Å². The van der Waals surface area contributed by atoms with E-state index in [1.807, 2.05) is 6.26 Å². The number of anilines is 2. The van der Waals surface area contributed by atoms with E-state index in [1.54, 1.807) is 18.8 Å². The molecule has 0 atom stereocenters. The molecule has 106 valence electrons. The zero-order chi connectivity index (χ0) is 14.0. The molecule has 0 radical (unpaired) electrons. The fourth-order valence-corrected chi connectivity index (χ4v) is 4.39. The van der Waals surface area contributed by atoms with Gasteiger partial charge in [0, 0.05) is 26.2 Å². The summed E-state index contributed by atoms with van der Waals surface area (Å²) in [5.41, 5.74) is 12.6. The Morgan fingerprint density at radius 3 is 2.63 bits per heavy atom. The average Bonchev–Trinajstić information content (AvgIpc) is 2.75. The number of thiophene rings is 1. The lowest BCUT2D eigenvalue weighted by atomic mass is 10.1. The minimum Gasteiger partial charge on any atom is -0.396 e. The number of rotatable bonds is 3. The lowest BCUT2D eigenvalue weighted by Gasteiger charge is -2.31. The van der Waals surface area contributed by atoms with Crippen molar-refractivity contribution in [1.82, 2.24) is 5.32 Å². The van der Waals surface area contributed by atoms with E-state index < -0.39 is 0 Å². The Balaban J connectivity index is 2.32. The first-order valence-electron chi connectivity index (χ1n) is 6.27. The number of amides is 1. The van der Waals surface area contributed by atoms with E-state index in [0.29, 0.717) is 16.6 Å². The van der Waals surface area contributed by atoms with Crippen molar-refractivity contribution in [2.45, 2.75) is 23.8 Å². The lowest BCUT2D eigenvalue weighted by molar-refractivity contribution is 0.0968. The van der Waals surface area contributed by atoms with Gasteiger partial charge in [-0.15, -0.1) is 23.1 Å². The minimum atomic E-state index is -0.113. The second kappa shape index (κ2) is 6.02. The number of piperidine rings is 1.